The number of methoxy groups -OCH3 is 2. The maximum Gasteiger partial charge on any atom is 0.272 e. The van der Waals surface area contributed by atoms with Crippen molar-refractivity contribution in [2.75, 3.05) is 60.1 Å². The molecule has 2 N–H and O–H groups in total. The number of hydrogen-bond donors (Lipinski definition) is 2. The summed E-state index contributed by atoms with van der Waals surface area (Å²) in [6.07, 6.45) is 0.872. The minimum Gasteiger partial charge on any atom is -0.395 e. The lowest BCUT2D eigenvalue weighted by atomic mass is 10.2. The SMILES string of the molecule is COC(CNC(=O)c1ccc(C(=O)N2CCN(CCO)CC2)nc1)OC. The zero-order chi connectivity index (χ0) is 18.9. The van der Waals surface area contributed by atoms with Gasteiger partial charge in [-0.2, -0.15) is 0 Å². The molecule has 0 aliphatic carbocycles. The van der Waals surface area contributed by atoms with E-state index in [-0.39, 0.29) is 25.0 Å². The maximum absolute atomic E-state index is 12.5. The predicted molar refractivity (Wildman–Crippen MR) is 93.8 cm³/mol. The Bertz CT molecular complexity index is 583. The van der Waals surface area contributed by atoms with Crippen LogP contribution in [0.2, 0.25) is 0 Å². The first-order valence-electron chi connectivity index (χ1n) is 8.51. The molecule has 2 heterocycles. The number of nitrogens with zero attached hydrogens (tertiary/aromatic N) is 3. The van der Waals surface area contributed by atoms with E-state index in [4.69, 9.17) is 14.6 Å². The largest absolute Gasteiger partial charge is 0.395 e. The van der Waals surface area contributed by atoms with Crippen molar-refractivity contribution in [1.82, 2.24) is 20.1 Å². The minimum absolute atomic E-state index is 0.120. The van der Waals surface area contributed by atoms with Gasteiger partial charge in [0.15, 0.2) is 6.29 Å². The normalized spacial score (nSPS) is 15.3. The summed E-state index contributed by atoms with van der Waals surface area (Å²) in [6.45, 7) is 3.60. The number of piperazine rings is 1. The van der Waals surface area contributed by atoms with Crippen LogP contribution in [-0.4, -0.2) is 98.1 Å². The first-order valence-corrected chi connectivity index (χ1v) is 8.51. The molecule has 26 heavy (non-hydrogen) atoms. The van der Waals surface area contributed by atoms with E-state index in [1.54, 1.807) is 17.0 Å². The Hall–Kier alpha value is -2.07. The summed E-state index contributed by atoms with van der Waals surface area (Å²) in [4.78, 5) is 32.6. The van der Waals surface area contributed by atoms with Crippen molar-refractivity contribution < 1.29 is 24.2 Å². The molecule has 0 saturated carbocycles. The van der Waals surface area contributed by atoms with E-state index < -0.39 is 6.29 Å². The molecule has 9 nitrogen and oxygen atoms in total. The van der Waals surface area contributed by atoms with Crippen LogP contribution < -0.4 is 5.32 Å². The lowest BCUT2D eigenvalue weighted by molar-refractivity contribution is -0.0974. The van der Waals surface area contributed by atoms with Gasteiger partial charge in [0.1, 0.15) is 5.69 Å². The molecule has 0 aromatic carbocycles. The average molecular weight is 366 g/mol. The van der Waals surface area contributed by atoms with Gasteiger partial charge in [-0.05, 0) is 12.1 Å². The molecule has 0 bridgehead atoms. The van der Waals surface area contributed by atoms with E-state index >= 15 is 0 Å². The maximum atomic E-state index is 12.5. The standard InChI is InChI=1S/C17H26N4O5/c1-25-15(26-2)12-19-16(23)13-3-4-14(18-11-13)17(24)21-7-5-20(6-8-21)9-10-22/h3-4,11,15,22H,5-10,12H2,1-2H3,(H,19,23). The van der Waals surface area contributed by atoms with Crippen molar-refractivity contribution in [2.24, 2.45) is 0 Å². The number of β-amino-alcohol motifs (C(OH)–C–C–N with tert-alkyl or cyclic N) is 1. The van der Waals surface area contributed by atoms with Gasteiger partial charge in [0.2, 0.25) is 0 Å². The molecule has 1 aliphatic rings. The van der Waals surface area contributed by atoms with Crippen LogP contribution in [0.5, 0.6) is 0 Å². The molecule has 144 valence electrons. The smallest absolute Gasteiger partial charge is 0.272 e. The Balaban J connectivity index is 1.88. The number of ether oxygens (including phenoxy) is 2. The second kappa shape index (κ2) is 10.2. The second-order valence-corrected chi connectivity index (χ2v) is 5.90. The summed E-state index contributed by atoms with van der Waals surface area (Å²) in [7, 11) is 2.98. The number of aliphatic hydroxyl groups excluding tert-OH is 1. The fourth-order valence-electron chi connectivity index (χ4n) is 2.67. The van der Waals surface area contributed by atoms with E-state index in [1.807, 2.05) is 0 Å². The van der Waals surface area contributed by atoms with Crippen LogP contribution in [0.25, 0.3) is 0 Å². The predicted octanol–water partition coefficient (Wildman–Crippen LogP) is -0.820. The molecular formula is C17H26N4O5. The fourth-order valence-corrected chi connectivity index (χ4v) is 2.67. The Morgan fingerprint density at radius 1 is 1.23 bits per heavy atom. The molecule has 1 fully saturated rings. The number of carbonyl (C=O) groups is 2. The van der Waals surface area contributed by atoms with Gasteiger partial charge in [0.25, 0.3) is 11.8 Å². The first kappa shape index (κ1) is 20.2. The van der Waals surface area contributed by atoms with Gasteiger partial charge in [-0.15, -0.1) is 0 Å². The van der Waals surface area contributed by atoms with Crippen LogP contribution in [0.4, 0.5) is 0 Å². The van der Waals surface area contributed by atoms with Crippen LogP contribution in [0, 0.1) is 0 Å². The summed E-state index contributed by atoms with van der Waals surface area (Å²) >= 11 is 0. The van der Waals surface area contributed by atoms with Gasteiger partial charge in [-0.1, -0.05) is 0 Å². The Morgan fingerprint density at radius 3 is 2.46 bits per heavy atom. The summed E-state index contributed by atoms with van der Waals surface area (Å²) in [5.41, 5.74) is 0.670. The molecular weight excluding hydrogens is 340 g/mol. The number of nitrogens with one attached hydrogen (secondary N) is 1. The van der Waals surface area contributed by atoms with E-state index in [0.717, 1.165) is 13.1 Å². The van der Waals surface area contributed by atoms with Crippen molar-refractivity contribution in [3.63, 3.8) is 0 Å². The molecule has 0 radical (unpaired) electrons. The Morgan fingerprint density at radius 2 is 1.92 bits per heavy atom. The zero-order valence-corrected chi connectivity index (χ0v) is 15.2. The monoisotopic (exact) mass is 366 g/mol. The van der Waals surface area contributed by atoms with Crippen LogP contribution in [0.15, 0.2) is 18.3 Å². The van der Waals surface area contributed by atoms with Gasteiger partial charge >= 0.3 is 0 Å². The number of aliphatic hydroxyl groups is 1. The Kier molecular flexibility index (Phi) is 7.92. The highest BCUT2D eigenvalue weighted by Crippen LogP contribution is 2.08. The number of amides is 2. The highest BCUT2D eigenvalue weighted by Gasteiger charge is 2.22. The van der Waals surface area contributed by atoms with Crippen LogP contribution >= 0.6 is 0 Å². The number of pyridine rings is 1. The van der Waals surface area contributed by atoms with E-state index in [0.29, 0.717) is 30.9 Å². The van der Waals surface area contributed by atoms with E-state index in [1.165, 1.54) is 20.4 Å². The lowest BCUT2D eigenvalue weighted by Gasteiger charge is -2.34. The molecule has 1 aromatic rings. The highest BCUT2D eigenvalue weighted by molar-refractivity contribution is 5.96. The van der Waals surface area contributed by atoms with Crippen LogP contribution in [0.1, 0.15) is 20.8 Å². The van der Waals surface area contributed by atoms with E-state index in [9.17, 15) is 9.59 Å². The number of aromatic nitrogens is 1. The molecule has 9 heteroatoms. The molecule has 0 unspecified atom stereocenters. The third kappa shape index (κ3) is 5.46. The van der Waals surface area contributed by atoms with Crippen molar-refractivity contribution in [1.29, 1.82) is 0 Å². The fraction of sp³-hybridized carbons (Fsp3) is 0.588. The van der Waals surface area contributed by atoms with Crippen LogP contribution in [-0.2, 0) is 9.47 Å². The van der Waals surface area contributed by atoms with Crippen molar-refractivity contribution in [3.8, 4) is 0 Å². The number of carbonyl (C=O) groups excluding carboxylic acids is 2. The van der Waals surface area contributed by atoms with Gasteiger partial charge in [0.05, 0.1) is 18.7 Å². The summed E-state index contributed by atoms with van der Waals surface area (Å²) in [5.74, 6) is -0.465. The third-order valence-corrected chi connectivity index (χ3v) is 4.28. The minimum atomic E-state index is -0.516. The van der Waals surface area contributed by atoms with Gasteiger partial charge in [-0.3, -0.25) is 19.5 Å². The molecule has 1 saturated heterocycles. The Labute approximate surface area is 152 Å². The topological polar surface area (TPSA) is 104 Å². The third-order valence-electron chi connectivity index (χ3n) is 4.28. The van der Waals surface area contributed by atoms with Crippen LogP contribution in [0.3, 0.4) is 0 Å². The van der Waals surface area contributed by atoms with Gasteiger partial charge in [0, 0.05) is 53.1 Å². The van der Waals surface area contributed by atoms with Crippen molar-refractivity contribution in [2.45, 2.75) is 6.29 Å². The molecule has 0 spiro atoms. The highest BCUT2D eigenvalue weighted by atomic mass is 16.7. The zero-order valence-electron chi connectivity index (χ0n) is 15.2. The molecule has 0 atom stereocenters. The quantitative estimate of drug-likeness (QED) is 0.579. The molecule has 1 aliphatic heterocycles. The van der Waals surface area contributed by atoms with E-state index in [2.05, 4.69) is 15.2 Å². The van der Waals surface area contributed by atoms with Crippen molar-refractivity contribution in [3.05, 3.63) is 29.6 Å². The average Bonchev–Trinajstić information content (AvgIpc) is 2.69. The lowest BCUT2D eigenvalue weighted by Crippen LogP contribution is -2.49. The summed E-state index contributed by atoms with van der Waals surface area (Å²) in [6, 6.07) is 3.13. The number of hydrogen-bond acceptors (Lipinski definition) is 7. The first-order chi connectivity index (χ1) is 12.6. The number of rotatable bonds is 8. The molecule has 1 aromatic heterocycles. The summed E-state index contributed by atoms with van der Waals surface area (Å²) in [5, 5.41) is 11.6. The molecule has 2 rings (SSSR count). The van der Waals surface area contributed by atoms with Gasteiger partial charge < -0.3 is 24.8 Å². The summed E-state index contributed by atoms with van der Waals surface area (Å²) < 4.78 is 10.0. The van der Waals surface area contributed by atoms with Crippen molar-refractivity contribution >= 4 is 11.8 Å². The van der Waals surface area contributed by atoms with Gasteiger partial charge in [-0.25, -0.2) is 0 Å². The molecule has 2 amide bonds. The second-order valence-electron chi connectivity index (χ2n) is 5.90.